The molecular weight excluding hydrogens is 390 g/mol. The number of fused-ring (bicyclic) bond motifs is 3. The van der Waals surface area contributed by atoms with Crippen LogP contribution < -0.4 is 10.6 Å². The van der Waals surface area contributed by atoms with Crippen LogP contribution in [0.3, 0.4) is 0 Å². The zero-order valence-corrected chi connectivity index (χ0v) is 18.9. The Balaban J connectivity index is 1.71. The summed E-state index contributed by atoms with van der Waals surface area (Å²) in [6.45, 7) is 7.31. The minimum atomic E-state index is -0.560. The van der Waals surface area contributed by atoms with E-state index in [-0.39, 0.29) is 0 Å². The highest BCUT2D eigenvalue weighted by molar-refractivity contribution is 6.08. The summed E-state index contributed by atoms with van der Waals surface area (Å²) < 4.78 is 2.41. The van der Waals surface area contributed by atoms with Gasteiger partial charge in [-0.1, -0.05) is 84.9 Å². The maximum Gasteiger partial charge on any atom is 0.168 e. The van der Waals surface area contributed by atoms with Crippen LogP contribution >= 0.6 is 0 Å². The van der Waals surface area contributed by atoms with Crippen LogP contribution in [0.5, 0.6) is 0 Å². The fraction of sp³-hybridized carbons (Fsp3) is 0.172. The fourth-order valence-electron chi connectivity index (χ4n) is 4.71. The van der Waals surface area contributed by atoms with Gasteiger partial charge >= 0.3 is 0 Å². The normalized spacial score (nSPS) is 13.3. The van der Waals surface area contributed by atoms with Gasteiger partial charge in [0, 0.05) is 23.0 Å². The highest BCUT2D eigenvalue weighted by Gasteiger charge is 2.30. The van der Waals surface area contributed by atoms with E-state index in [0.29, 0.717) is 0 Å². The molecule has 1 atom stereocenters. The summed E-state index contributed by atoms with van der Waals surface area (Å²) >= 11 is 0. The fourth-order valence-corrected chi connectivity index (χ4v) is 4.71. The van der Waals surface area contributed by atoms with Crippen molar-refractivity contribution in [3.63, 3.8) is 0 Å². The van der Waals surface area contributed by atoms with E-state index < -0.39 is 5.79 Å². The molecule has 0 fully saturated rings. The number of hydrogen-bond donors (Lipinski definition) is 2. The zero-order chi connectivity index (χ0) is 22.1. The molecule has 5 rings (SSSR count). The van der Waals surface area contributed by atoms with Crippen LogP contribution in [0.4, 0.5) is 5.69 Å². The van der Waals surface area contributed by atoms with E-state index in [0.717, 1.165) is 12.2 Å². The second kappa shape index (κ2) is 8.18. The third-order valence-corrected chi connectivity index (χ3v) is 6.36. The molecule has 0 aliphatic heterocycles. The number of para-hydroxylation sites is 3. The van der Waals surface area contributed by atoms with Crippen LogP contribution in [-0.4, -0.2) is 4.57 Å². The average Bonchev–Trinajstić information content (AvgIpc) is 3.16. The minimum Gasteiger partial charge on any atom is -0.350 e. The second-order valence-corrected chi connectivity index (χ2v) is 8.67. The van der Waals surface area contributed by atoms with Gasteiger partial charge in [-0.2, -0.15) is 0 Å². The number of nitrogens with zero attached hydrogens (tertiary/aromatic N) is 1. The van der Waals surface area contributed by atoms with Crippen molar-refractivity contribution in [2.75, 3.05) is 5.32 Å². The Morgan fingerprint density at radius 1 is 0.656 bits per heavy atom. The van der Waals surface area contributed by atoms with Crippen molar-refractivity contribution >= 4 is 27.5 Å². The molecule has 0 radical (unpaired) electrons. The van der Waals surface area contributed by atoms with Gasteiger partial charge in [0.25, 0.3) is 0 Å². The number of nitrogens with one attached hydrogen (secondary N) is 2. The zero-order valence-electron chi connectivity index (χ0n) is 18.9. The molecule has 1 aromatic heterocycles. The molecule has 0 spiro atoms. The van der Waals surface area contributed by atoms with Crippen LogP contribution in [0.25, 0.3) is 21.8 Å². The summed E-state index contributed by atoms with van der Waals surface area (Å²) in [5, 5.41) is 10.3. The maximum absolute atomic E-state index is 3.90. The molecule has 0 saturated heterocycles. The quantitative estimate of drug-likeness (QED) is 0.292. The number of hydrogen-bond acceptors (Lipinski definition) is 2. The molecule has 1 unspecified atom stereocenters. The number of aryl methyl sites for hydroxylation is 2. The van der Waals surface area contributed by atoms with E-state index in [9.17, 15) is 0 Å². The van der Waals surface area contributed by atoms with Crippen LogP contribution in [0.15, 0.2) is 97.1 Å². The van der Waals surface area contributed by atoms with E-state index in [1.165, 1.54) is 38.5 Å². The van der Waals surface area contributed by atoms with Crippen molar-refractivity contribution in [2.24, 2.45) is 0 Å². The minimum absolute atomic E-state index is 0.560. The molecule has 0 aliphatic rings. The molecule has 0 amide bonds. The first kappa shape index (κ1) is 20.3. The molecule has 0 bridgehead atoms. The first-order chi connectivity index (χ1) is 15.6. The Labute approximate surface area is 189 Å². The summed E-state index contributed by atoms with van der Waals surface area (Å²) in [5.74, 6) is -0.560. The molecule has 160 valence electrons. The summed E-state index contributed by atoms with van der Waals surface area (Å²) in [6, 6.07) is 34.3. The Morgan fingerprint density at radius 3 is 1.78 bits per heavy atom. The van der Waals surface area contributed by atoms with Gasteiger partial charge in [-0.15, -0.1) is 0 Å². The Bertz CT molecular complexity index is 1310. The van der Waals surface area contributed by atoms with Gasteiger partial charge in [0.05, 0.1) is 11.0 Å². The summed E-state index contributed by atoms with van der Waals surface area (Å²) in [4.78, 5) is 0. The molecule has 1 heterocycles. The molecule has 0 saturated carbocycles. The highest BCUT2D eigenvalue weighted by atomic mass is 15.4. The summed E-state index contributed by atoms with van der Waals surface area (Å²) in [5.41, 5.74) is 7.29. The lowest BCUT2D eigenvalue weighted by molar-refractivity contribution is 0.301. The van der Waals surface area contributed by atoms with Crippen molar-refractivity contribution in [3.05, 3.63) is 114 Å². The lowest BCUT2D eigenvalue weighted by Crippen LogP contribution is -2.51. The van der Waals surface area contributed by atoms with Gasteiger partial charge in [0.1, 0.15) is 0 Å². The predicted octanol–water partition coefficient (Wildman–Crippen LogP) is 6.94. The van der Waals surface area contributed by atoms with Crippen LogP contribution in [-0.2, 0) is 12.3 Å². The molecule has 5 aromatic rings. The first-order valence-electron chi connectivity index (χ1n) is 11.2. The average molecular weight is 420 g/mol. The lowest BCUT2D eigenvalue weighted by Gasteiger charge is -2.37. The summed E-state index contributed by atoms with van der Waals surface area (Å²) in [6.07, 6.45) is 0. The van der Waals surface area contributed by atoms with Gasteiger partial charge in [0.15, 0.2) is 5.79 Å². The largest absolute Gasteiger partial charge is 0.350 e. The molecular formula is C29H29N3. The number of anilines is 1. The van der Waals surface area contributed by atoms with Gasteiger partial charge in [-0.25, -0.2) is 0 Å². The van der Waals surface area contributed by atoms with Crippen molar-refractivity contribution in [1.82, 2.24) is 9.88 Å². The van der Waals surface area contributed by atoms with Gasteiger partial charge in [-0.3, -0.25) is 5.32 Å². The summed E-state index contributed by atoms with van der Waals surface area (Å²) in [7, 11) is 0. The van der Waals surface area contributed by atoms with Gasteiger partial charge in [-0.05, 0) is 49.6 Å². The standard InChI is InChI=1S/C29H29N3/c1-21-12-11-13-22(2)28(21)31-29(3,30-20-23-14-5-4-6-15-23)32-26-18-9-7-16-24(26)25-17-8-10-19-27(25)32/h4-19,30-31H,20H2,1-3H3. The predicted molar refractivity (Wildman–Crippen MR) is 136 cm³/mol. The van der Waals surface area contributed by atoms with Gasteiger partial charge < -0.3 is 9.88 Å². The topological polar surface area (TPSA) is 29.0 Å². The highest BCUT2D eigenvalue weighted by Crippen LogP contribution is 2.35. The Kier molecular flexibility index (Phi) is 5.20. The molecule has 2 N–H and O–H groups in total. The van der Waals surface area contributed by atoms with Gasteiger partial charge in [0.2, 0.25) is 0 Å². The molecule has 0 aliphatic carbocycles. The molecule has 3 nitrogen and oxygen atoms in total. The first-order valence-corrected chi connectivity index (χ1v) is 11.2. The van der Waals surface area contributed by atoms with Crippen molar-refractivity contribution < 1.29 is 0 Å². The number of rotatable bonds is 6. The van der Waals surface area contributed by atoms with E-state index in [1.807, 2.05) is 0 Å². The maximum atomic E-state index is 3.90. The SMILES string of the molecule is Cc1cccc(C)c1NC(C)(NCc1ccccc1)n1c2ccccc2c2ccccc21. The molecule has 32 heavy (non-hydrogen) atoms. The monoisotopic (exact) mass is 419 g/mol. The lowest BCUT2D eigenvalue weighted by atomic mass is 10.1. The smallest absolute Gasteiger partial charge is 0.168 e. The van der Waals surface area contributed by atoms with Crippen molar-refractivity contribution in [3.8, 4) is 0 Å². The molecule has 3 heteroatoms. The Hall–Kier alpha value is -3.56. The van der Waals surface area contributed by atoms with Crippen molar-refractivity contribution in [2.45, 2.75) is 33.1 Å². The van der Waals surface area contributed by atoms with Crippen LogP contribution in [0.1, 0.15) is 23.6 Å². The molecule has 4 aromatic carbocycles. The van der Waals surface area contributed by atoms with E-state index in [1.54, 1.807) is 0 Å². The second-order valence-electron chi connectivity index (χ2n) is 8.67. The third kappa shape index (κ3) is 3.55. The third-order valence-electron chi connectivity index (χ3n) is 6.36. The Morgan fingerprint density at radius 2 is 1.19 bits per heavy atom. The van der Waals surface area contributed by atoms with Crippen molar-refractivity contribution in [1.29, 1.82) is 0 Å². The van der Waals surface area contributed by atoms with E-state index >= 15 is 0 Å². The van der Waals surface area contributed by atoms with Crippen LogP contribution in [0, 0.1) is 13.8 Å². The van der Waals surface area contributed by atoms with E-state index in [4.69, 9.17) is 0 Å². The van der Waals surface area contributed by atoms with E-state index in [2.05, 4.69) is 133 Å². The number of benzene rings is 4. The van der Waals surface area contributed by atoms with Crippen LogP contribution in [0.2, 0.25) is 0 Å². The number of aromatic nitrogens is 1.